The van der Waals surface area contributed by atoms with Crippen LogP contribution < -0.4 is 5.73 Å². The first-order chi connectivity index (χ1) is 7.95. The Labute approximate surface area is 107 Å². The topological polar surface area (TPSA) is 63.3 Å². The smallest absolute Gasteiger partial charge is 0.320 e. The lowest BCUT2D eigenvalue weighted by molar-refractivity contribution is -0.138. The molecular formula is C13H18ClNO2. The Morgan fingerprint density at radius 1 is 1.53 bits per heavy atom. The fourth-order valence-electron chi connectivity index (χ4n) is 1.66. The maximum absolute atomic E-state index is 10.7. The van der Waals surface area contributed by atoms with E-state index in [4.69, 9.17) is 22.4 Å². The SMILES string of the molecule is CCC(C)c1ccc(CC(N)C(=O)O)cc1Cl. The summed E-state index contributed by atoms with van der Waals surface area (Å²) in [5.41, 5.74) is 7.44. The Kier molecular flexibility index (Phi) is 4.97. The Balaban J connectivity index is 2.85. The molecule has 2 unspecified atom stereocenters. The monoisotopic (exact) mass is 255 g/mol. The molecule has 0 aliphatic carbocycles. The zero-order valence-corrected chi connectivity index (χ0v) is 10.9. The average Bonchev–Trinajstić information content (AvgIpc) is 2.28. The van der Waals surface area contributed by atoms with Crippen molar-refractivity contribution in [2.45, 2.75) is 38.6 Å². The van der Waals surface area contributed by atoms with Crippen LogP contribution in [0.2, 0.25) is 5.02 Å². The number of hydrogen-bond acceptors (Lipinski definition) is 2. The van der Waals surface area contributed by atoms with Crippen molar-refractivity contribution in [3.8, 4) is 0 Å². The number of aliphatic carboxylic acids is 1. The molecule has 0 spiro atoms. The van der Waals surface area contributed by atoms with Gasteiger partial charge < -0.3 is 10.8 Å². The maximum Gasteiger partial charge on any atom is 0.320 e. The normalized spacial score (nSPS) is 14.4. The molecule has 0 radical (unpaired) electrons. The zero-order chi connectivity index (χ0) is 13.0. The van der Waals surface area contributed by atoms with Gasteiger partial charge in [0.05, 0.1) is 0 Å². The molecule has 2 atom stereocenters. The third-order valence-electron chi connectivity index (χ3n) is 2.98. The lowest BCUT2D eigenvalue weighted by Crippen LogP contribution is -2.32. The highest BCUT2D eigenvalue weighted by atomic mass is 35.5. The molecule has 3 N–H and O–H groups in total. The first-order valence-electron chi connectivity index (χ1n) is 5.72. The Hall–Kier alpha value is -1.06. The molecule has 0 aliphatic rings. The highest BCUT2D eigenvalue weighted by Gasteiger charge is 2.14. The molecule has 1 aromatic carbocycles. The number of carbonyl (C=O) groups is 1. The highest BCUT2D eigenvalue weighted by Crippen LogP contribution is 2.27. The number of benzene rings is 1. The van der Waals surface area contributed by atoms with E-state index in [2.05, 4.69) is 13.8 Å². The van der Waals surface area contributed by atoms with Crippen LogP contribution in [0.25, 0.3) is 0 Å². The predicted molar refractivity (Wildman–Crippen MR) is 69.5 cm³/mol. The molecule has 0 aromatic heterocycles. The summed E-state index contributed by atoms with van der Waals surface area (Å²) in [6, 6.07) is 4.79. The van der Waals surface area contributed by atoms with Crippen molar-refractivity contribution >= 4 is 17.6 Å². The van der Waals surface area contributed by atoms with E-state index in [9.17, 15) is 4.79 Å². The molecule has 0 amide bonds. The van der Waals surface area contributed by atoms with Crippen molar-refractivity contribution in [3.63, 3.8) is 0 Å². The number of carboxylic acids is 1. The summed E-state index contributed by atoms with van der Waals surface area (Å²) in [6.45, 7) is 4.22. The van der Waals surface area contributed by atoms with E-state index in [1.54, 1.807) is 0 Å². The van der Waals surface area contributed by atoms with Crippen LogP contribution in [0.5, 0.6) is 0 Å². The standard InChI is InChI=1S/C13H18ClNO2/c1-3-8(2)10-5-4-9(6-11(10)14)7-12(15)13(16)17/h4-6,8,12H,3,7,15H2,1-2H3,(H,16,17). The number of nitrogens with two attached hydrogens (primary N) is 1. The van der Waals surface area contributed by atoms with Gasteiger partial charge >= 0.3 is 5.97 Å². The Morgan fingerprint density at radius 2 is 2.18 bits per heavy atom. The summed E-state index contributed by atoms with van der Waals surface area (Å²) in [5.74, 6) is -0.586. The highest BCUT2D eigenvalue weighted by molar-refractivity contribution is 6.31. The molecule has 0 heterocycles. The molecule has 17 heavy (non-hydrogen) atoms. The molecule has 4 heteroatoms. The van der Waals surface area contributed by atoms with Crippen LogP contribution in [0.15, 0.2) is 18.2 Å². The van der Waals surface area contributed by atoms with Crippen LogP contribution in [-0.4, -0.2) is 17.1 Å². The second-order valence-electron chi connectivity index (χ2n) is 4.31. The first kappa shape index (κ1) is 14.0. The van der Waals surface area contributed by atoms with Gasteiger partial charge in [0, 0.05) is 5.02 Å². The van der Waals surface area contributed by atoms with Crippen molar-refractivity contribution in [1.82, 2.24) is 0 Å². The number of hydrogen-bond donors (Lipinski definition) is 2. The Morgan fingerprint density at radius 3 is 2.65 bits per heavy atom. The summed E-state index contributed by atoms with van der Waals surface area (Å²) in [7, 11) is 0. The molecule has 0 bridgehead atoms. The van der Waals surface area contributed by atoms with Crippen LogP contribution >= 0.6 is 11.6 Å². The third-order valence-corrected chi connectivity index (χ3v) is 3.31. The van der Waals surface area contributed by atoms with Crippen LogP contribution in [0.4, 0.5) is 0 Å². The summed E-state index contributed by atoms with van der Waals surface area (Å²) in [6.07, 6.45) is 1.32. The lowest BCUT2D eigenvalue weighted by Gasteiger charge is -2.13. The van der Waals surface area contributed by atoms with E-state index in [0.717, 1.165) is 17.5 Å². The van der Waals surface area contributed by atoms with E-state index >= 15 is 0 Å². The van der Waals surface area contributed by atoms with Gasteiger partial charge in [0.2, 0.25) is 0 Å². The Bertz CT molecular complexity index is 406. The van der Waals surface area contributed by atoms with Crippen molar-refractivity contribution < 1.29 is 9.90 Å². The molecule has 1 rings (SSSR count). The van der Waals surface area contributed by atoms with Gasteiger partial charge in [-0.15, -0.1) is 0 Å². The maximum atomic E-state index is 10.7. The zero-order valence-electron chi connectivity index (χ0n) is 10.1. The molecule has 1 aromatic rings. The summed E-state index contributed by atoms with van der Waals surface area (Å²) in [5, 5.41) is 9.42. The van der Waals surface area contributed by atoms with Crippen LogP contribution in [0, 0.1) is 0 Å². The van der Waals surface area contributed by atoms with Gasteiger partial charge in [-0.2, -0.15) is 0 Å². The summed E-state index contributed by atoms with van der Waals surface area (Å²) in [4.78, 5) is 10.7. The van der Waals surface area contributed by atoms with Gasteiger partial charge in [-0.3, -0.25) is 4.79 Å². The third kappa shape index (κ3) is 3.72. The van der Waals surface area contributed by atoms with E-state index < -0.39 is 12.0 Å². The second kappa shape index (κ2) is 6.03. The average molecular weight is 256 g/mol. The van der Waals surface area contributed by atoms with E-state index in [1.807, 2.05) is 18.2 Å². The van der Waals surface area contributed by atoms with Crippen molar-refractivity contribution in [1.29, 1.82) is 0 Å². The van der Waals surface area contributed by atoms with Gasteiger partial charge in [0.25, 0.3) is 0 Å². The minimum atomic E-state index is -0.993. The van der Waals surface area contributed by atoms with Crippen LogP contribution in [0.1, 0.15) is 37.3 Å². The van der Waals surface area contributed by atoms with Gasteiger partial charge in [-0.1, -0.05) is 37.6 Å². The molecular weight excluding hydrogens is 238 g/mol. The second-order valence-corrected chi connectivity index (χ2v) is 4.72. The van der Waals surface area contributed by atoms with E-state index in [0.29, 0.717) is 17.4 Å². The van der Waals surface area contributed by atoms with Crippen molar-refractivity contribution in [3.05, 3.63) is 34.3 Å². The number of halogens is 1. The molecule has 0 fully saturated rings. The first-order valence-corrected chi connectivity index (χ1v) is 6.10. The van der Waals surface area contributed by atoms with Crippen LogP contribution in [-0.2, 0) is 11.2 Å². The minimum Gasteiger partial charge on any atom is -0.480 e. The minimum absolute atomic E-state index is 0.301. The van der Waals surface area contributed by atoms with Crippen molar-refractivity contribution in [2.24, 2.45) is 5.73 Å². The molecule has 0 aliphatic heterocycles. The van der Waals surface area contributed by atoms with Crippen LogP contribution in [0.3, 0.4) is 0 Å². The van der Waals surface area contributed by atoms with Crippen molar-refractivity contribution in [2.75, 3.05) is 0 Å². The number of carboxylic acid groups (broad SMARTS) is 1. The lowest BCUT2D eigenvalue weighted by atomic mass is 9.96. The largest absolute Gasteiger partial charge is 0.480 e. The van der Waals surface area contributed by atoms with Gasteiger partial charge in [0.1, 0.15) is 6.04 Å². The molecule has 94 valence electrons. The molecule has 3 nitrogen and oxygen atoms in total. The van der Waals surface area contributed by atoms with E-state index in [-0.39, 0.29) is 0 Å². The predicted octanol–water partition coefficient (Wildman–Crippen LogP) is 2.81. The summed E-state index contributed by atoms with van der Waals surface area (Å²) >= 11 is 6.18. The summed E-state index contributed by atoms with van der Waals surface area (Å²) < 4.78 is 0. The van der Waals surface area contributed by atoms with Gasteiger partial charge in [-0.05, 0) is 36.0 Å². The quantitative estimate of drug-likeness (QED) is 0.850. The van der Waals surface area contributed by atoms with Gasteiger partial charge in [-0.25, -0.2) is 0 Å². The fourth-order valence-corrected chi connectivity index (χ4v) is 2.05. The molecule has 0 saturated heterocycles. The molecule has 0 saturated carbocycles. The fraction of sp³-hybridized carbons (Fsp3) is 0.462. The van der Waals surface area contributed by atoms with E-state index in [1.165, 1.54) is 0 Å². The van der Waals surface area contributed by atoms with Gasteiger partial charge in [0.15, 0.2) is 0 Å². The number of rotatable bonds is 5.